The molecule has 2 heterocycles. The molecular formula is C10H12N4O2S. The highest BCUT2D eigenvalue weighted by molar-refractivity contribution is 7.14. The molecule has 0 saturated heterocycles. The molecule has 0 aliphatic carbocycles. The van der Waals surface area contributed by atoms with E-state index in [-0.39, 0.29) is 5.69 Å². The highest BCUT2D eigenvalue weighted by atomic mass is 32.1. The van der Waals surface area contributed by atoms with Crippen molar-refractivity contribution in [1.82, 2.24) is 14.8 Å². The summed E-state index contributed by atoms with van der Waals surface area (Å²) in [5.74, 6) is -1.00. The molecular weight excluding hydrogens is 240 g/mol. The van der Waals surface area contributed by atoms with Gasteiger partial charge in [-0.2, -0.15) is 5.10 Å². The molecule has 7 heteroatoms. The predicted molar refractivity (Wildman–Crippen MR) is 64.5 cm³/mol. The quantitative estimate of drug-likeness (QED) is 0.836. The number of carboxylic acids is 1. The van der Waals surface area contributed by atoms with Crippen LogP contribution in [0.4, 0.5) is 5.00 Å². The van der Waals surface area contributed by atoms with Crippen molar-refractivity contribution in [2.24, 2.45) is 7.05 Å². The second-order valence-corrected chi connectivity index (χ2v) is 4.39. The van der Waals surface area contributed by atoms with E-state index in [1.807, 2.05) is 13.2 Å². The fourth-order valence-electron chi connectivity index (χ4n) is 1.45. The molecule has 0 aromatic carbocycles. The lowest BCUT2D eigenvalue weighted by Crippen LogP contribution is -2.07. The SMILES string of the molecule is Cn1cc(CCNc2scnc2C(=O)O)cn1. The molecule has 0 amide bonds. The van der Waals surface area contributed by atoms with E-state index in [2.05, 4.69) is 15.4 Å². The van der Waals surface area contributed by atoms with Crippen LogP contribution in [0.25, 0.3) is 0 Å². The number of aromatic carboxylic acids is 1. The molecule has 2 rings (SSSR count). The van der Waals surface area contributed by atoms with Gasteiger partial charge in [-0.1, -0.05) is 0 Å². The first-order valence-electron chi connectivity index (χ1n) is 5.05. The van der Waals surface area contributed by atoms with Crippen molar-refractivity contribution < 1.29 is 9.90 Å². The van der Waals surface area contributed by atoms with Crippen molar-refractivity contribution in [1.29, 1.82) is 0 Å². The highest BCUT2D eigenvalue weighted by Crippen LogP contribution is 2.19. The van der Waals surface area contributed by atoms with Gasteiger partial charge in [0.15, 0.2) is 5.69 Å². The molecule has 0 saturated carbocycles. The Morgan fingerprint density at radius 3 is 3.12 bits per heavy atom. The van der Waals surface area contributed by atoms with Crippen LogP contribution < -0.4 is 5.32 Å². The van der Waals surface area contributed by atoms with E-state index in [1.54, 1.807) is 10.9 Å². The smallest absolute Gasteiger partial charge is 0.357 e. The predicted octanol–water partition coefficient (Wildman–Crippen LogP) is 1.23. The molecule has 0 aliphatic heterocycles. The first-order valence-corrected chi connectivity index (χ1v) is 5.93. The minimum atomic E-state index is -1.00. The molecule has 0 bridgehead atoms. The normalized spacial score (nSPS) is 10.4. The molecule has 0 atom stereocenters. The Kier molecular flexibility index (Phi) is 3.38. The number of rotatable bonds is 5. The first kappa shape index (κ1) is 11.6. The molecule has 0 fully saturated rings. The van der Waals surface area contributed by atoms with Gasteiger partial charge < -0.3 is 10.4 Å². The Balaban J connectivity index is 1.90. The minimum Gasteiger partial charge on any atom is -0.476 e. The van der Waals surface area contributed by atoms with Crippen LogP contribution in [0, 0.1) is 0 Å². The van der Waals surface area contributed by atoms with Crippen LogP contribution in [0.3, 0.4) is 0 Å². The second kappa shape index (κ2) is 4.96. The number of nitrogens with one attached hydrogen (secondary N) is 1. The zero-order valence-electron chi connectivity index (χ0n) is 9.25. The van der Waals surface area contributed by atoms with Crippen molar-refractivity contribution >= 4 is 22.3 Å². The van der Waals surface area contributed by atoms with E-state index in [4.69, 9.17) is 5.11 Å². The molecule has 0 aliphatic rings. The lowest BCUT2D eigenvalue weighted by molar-refractivity contribution is 0.0692. The Hall–Kier alpha value is -1.89. The van der Waals surface area contributed by atoms with Gasteiger partial charge in [0.05, 0.1) is 11.7 Å². The number of hydrogen-bond donors (Lipinski definition) is 2. The fraction of sp³-hybridized carbons (Fsp3) is 0.300. The van der Waals surface area contributed by atoms with E-state index in [0.29, 0.717) is 11.5 Å². The molecule has 2 aromatic rings. The molecule has 0 spiro atoms. The molecule has 2 aromatic heterocycles. The van der Waals surface area contributed by atoms with Gasteiger partial charge in [-0.3, -0.25) is 4.68 Å². The van der Waals surface area contributed by atoms with Gasteiger partial charge in [0.1, 0.15) is 5.00 Å². The molecule has 2 N–H and O–H groups in total. The van der Waals surface area contributed by atoms with Crippen molar-refractivity contribution in [2.45, 2.75) is 6.42 Å². The standard InChI is InChI=1S/C10H12N4O2S/c1-14-5-7(4-13-14)2-3-11-9-8(10(15)16)12-6-17-9/h4-6,11H,2-3H2,1H3,(H,15,16). The Morgan fingerprint density at radius 1 is 1.65 bits per heavy atom. The molecule has 0 radical (unpaired) electrons. The Morgan fingerprint density at radius 2 is 2.47 bits per heavy atom. The topological polar surface area (TPSA) is 80.0 Å². The van der Waals surface area contributed by atoms with Gasteiger partial charge in [0.2, 0.25) is 0 Å². The largest absolute Gasteiger partial charge is 0.476 e. The monoisotopic (exact) mass is 252 g/mol. The van der Waals surface area contributed by atoms with Crippen LogP contribution in [-0.2, 0) is 13.5 Å². The Bertz CT molecular complexity index is 520. The van der Waals surface area contributed by atoms with Gasteiger partial charge >= 0.3 is 5.97 Å². The van der Waals surface area contributed by atoms with Gasteiger partial charge in [-0.25, -0.2) is 9.78 Å². The lowest BCUT2D eigenvalue weighted by atomic mass is 10.2. The molecule has 17 heavy (non-hydrogen) atoms. The number of aryl methyl sites for hydroxylation is 1. The third-order valence-electron chi connectivity index (χ3n) is 2.23. The number of aromatic nitrogens is 3. The number of carbonyl (C=O) groups is 1. The average Bonchev–Trinajstić information content (AvgIpc) is 2.87. The molecule has 0 unspecified atom stereocenters. The van der Waals surface area contributed by atoms with Gasteiger partial charge in [-0.05, 0) is 12.0 Å². The van der Waals surface area contributed by atoms with Crippen LogP contribution in [0.1, 0.15) is 16.1 Å². The van der Waals surface area contributed by atoms with Gasteiger partial charge in [0, 0.05) is 19.8 Å². The molecule has 6 nitrogen and oxygen atoms in total. The maximum atomic E-state index is 10.8. The Labute approximate surface area is 102 Å². The van der Waals surface area contributed by atoms with Crippen LogP contribution in [0.5, 0.6) is 0 Å². The summed E-state index contributed by atoms with van der Waals surface area (Å²) in [4.78, 5) is 14.6. The van der Waals surface area contributed by atoms with Gasteiger partial charge in [-0.15, -0.1) is 11.3 Å². The van der Waals surface area contributed by atoms with E-state index < -0.39 is 5.97 Å². The van der Waals surface area contributed by atoms with E-state index >= 15 is 0 Å². The number of anilines is 1. The van der Waals surface area contributed by atoms with Crippen LogP contribution in [0.2, 0.25) is 0 Å². The van der Waals surface area contributed by atoms with Crippen LogP contribution in [0.15, 0.2) is 17.9 Å². The summed E-state index contributed by atoms with van der Waals surface area (Å²) in [5, 5.41) is 16.6. The minimum absolute atomic E-state index is 0.0844. The summed E-state index contributed by atoms with van der Waals surface area (Å²) in [5.41, 5.74) is 2.72. The van der Waals surface area contributed by atoms with Crippen molar-refractivity contribution in [3.8, 4) is 0 Å². The maximum Gasteiger partial charge on any atom is 0.357 e. The average molecular weight is 252 g/mol. The first-order chi connectivity index (χ1) is 8.16. The zero-order chi connectivity index (χ0) is 12.3. The number of nitrogens with zero attached hydrogens (tertiary/aromatic N) is 3. The summed E-state index contributed by atoms with van der Waals surface area (Å²) in [6.07, 6.45) is 4.53. The van der Waals surface area contributed by atoms with Crippen LogP contribution >= 0.6 is 11.3 Å². The lowest BCUT2D eigenvalue weighted by Gasteiger charge is -2.02. The summed E-state index contributed by atoms with van der Waals surface area (Å²) in [6.45, 7) is 0.661. The summed E-state index contributed by atoms with van der Waals surface area (Å²) in [6, 6.07) is 0. The van der Waals surface area contributed by atoms with Crippen LogP contribution in [-0.4, -0.2) is 32.4 Å². The van der Waals surface area contributed by atoms with E-state index in [0.717, 1.165) is 12.0 Å². The number of carboxylic acid groups (broad SMARTS) is 1. The summed E-state index contributed by atoms with van der Waals surface area (Å²) >= 11 is 1.29. The summed E-state index contributed by atoms with van der Waals surface area (Å²) in [7, 11) is 1.86. The highest BCUT2D eigenvalue weighted by Gasteiger charge is 2.12. The maximum absolute atomic E-state index is 10.8. The zero-order valence-corrected chi connectivity index (χ0v) is 10.1. The third kappa shape index (κ3) is 2.82. The molecule has 90 valence electrons. The van der Waals surface area contributed by atoms with Crippen molar-refractivity contribution in [3.05, 3.63) is 29.2 Å². The number of thiazole rings is 1. The van der Waals surface area contributed by atoms with Crippen molar-refractivity contribution in [3.63, 3.8) is 0 Å². The van der Waals surface area contributed by atoms with Crippen molar-refractivity contribution in [2.75, 3.05) is 11.9 Å². The van der Waals surface area contributed by atoms with E-state index in [9.17, 15) is 4.79 Å². The second-order valence-electron chi connectivity index (χ2n) is 3.53. The van der Waals surface area contributed by atoms with Gasteiger partial charge in [0.25, 0.3) is 0 Å². The van der Waals surface area contributed by atoms with E-state index in [1.165, 1.54) is 16.8 Å². The number of hydrogen-bond acceptors (Lipinski definition) is 5. The fourth-order valence-corrected chi connectivity index (χ4v) is 2.15. The summed E-state index contributed by atoms with van der Waals surface area (Å²) < 4.78 is 1.74. The third-order valence-corrected chi connectivity index (χ3v) is 3.01.